The molecule has 0 saturated heterocycles. The van der Waals surface area contributed by atoms with Crippen molar-refractivity contribution in [3.05, 3.63) is 0 Å². The fourth-order valence-corrected chi connectivity index (χ4v) is 3.88. The zero-order valence-electron chi connectivity index (χ0n) is 11.0. The standard InChI is InChI=1S/C12H26N2O2S/c1-3-11-6-4-7-12(10-11)14-17(15,16)9-5-8-13-2/h11-14H,3-10H2,1-2H3. The number of hydrogen-bond acceptors (Lipinski definition) is 3. The molecule has 0 radical (unpaired) electrons. The van der Waals surface area contributed by atoms with Gasteiger partial charge in [-0.1, -0.05) is 26.2 Å². The first-order valence-corrected chi connectivity index (χ1v) is 8.37. The fraction of sp³-hybridized carbons (Fsp3) is 1.00. The van der Waals surface area contributed by atoms with Crippen molar-refractivity contribution in [2.45, 2.75) is 51.5 Å². The summed E-state index contributed by atoms with van der Waals surface area (Å²) >= 11 is 0. The summed E-state index contributed by atoms with van der Waals surface area (Å²) in [6.45, 7) is 2.94. The molecule has 102 valence electrons. The molecule has 2 unspecified atom stereocenters. The molecule has 0 aromatic rings. The predicted octanol–water partition coefficient (Wildman–Crippen LogP) is 1.48. The molecule has 4 nitrogen and oxygen atoms in total. The van der Waals surface area contributed by atoms with Crippen molar-refractivity contribution in [2.75, 3.05) is 19.3 Å². The summed E-state index contributed by atoms with van der Waals surface area (Å²) < 4.78 is 26.5. The zero-order valence-corrected chi connectivity index (χ0v) is 11.9. The van der Waals surface area contributed by atoms with Crippen molar-refractivity contribution >= 4 is 10.0 Å². The van der Waals surface area contributed by atoms with E-state index in [2.05, 4.69) is 17.0 Å². The smallest absolute Gasteiger partial charge is 0.211 e. The van der Waals surface area contributed by atoms with Crippen molar-refractivity contribution in [1.82, 2.24) is 10.0 Å². The molecule has 0 aromatic carbocycles. The first-order valence-electron chi connectivity index (χ1n) is 6.72. The zero-order chi connectivity index (χ0) is 12.7. The van der Waals surface area contributed by atoms with Gasteiger partial charge >= 0.3 is 0 Å². The van der Waals surface area contributed by atoms with Crippen LogP contribution in [0.1, 0.15) is 45.4 Å². The van der Waals surface area contributed by atoms with E-state index < -0.39 is 10.0 Å². The van der Waals surface area contributed by atoms with Gasteiger partial charge in [0.25, 0.3) is 0 Å². The molecule has 0 spiro atoms. The molecule has 0 heterocycles. The van der Waals surface area contributed by atoms with Gasteiger partial charge in [-0.3, -0.25) is 0 Å². The SMILES string of the molecule is CCC1CCCC(NS(=O)(=O)CCCNC)C1. The van der Waals surface area contributed by atoms with Crippen LogP contribution >= 0.6 is 0 Å². The third kappa shape index (κ3) is 5.84. The van der Waals surface area contributed by atoms with E-state index in [0.717, 1.165) is 32.2 Å². The molecule has 1 aliphatic rings. The van der Waals surface area contributed by atoms with Crippen LogP contribution in [0.5, 0.6) is 0 Å². The molecule has 5 heteroatoms. The molecule has 0 bridgehead atoms. The van der Waals surface area contributed by atoms with Gasteiger partial charge < -0.3 is 5.32 Å². The lowest BCUT2D eigenvalue weighted by Gasteiger charge is -2.28. The molecule has 0 aliphatic heterocycles. The van der Waals surface area contributed by atoms with Crippen LogP contribution in [0.2, 0.25) is 0 Å². The average Bonchev–Trinajstić information content (AvgIpc) is 2.29. The Labute approximate surface area is 106 Å². The normalized spacial score (nSPS) is 26.0. The minimum absolute atomic E-state index is 0.174. The van der Waals surface area contributed by atoms with E-state index in [9.17, 15) is 8.42 Å². The Kier molecular flexibility index (Phi) is 6.44. The fourth-order valence-electron chi connectivity index (χ4n) is 2.52. The minimum Gasteiger partial charge on any atom is -0.320 e. The van der Waals surface area contributed by atoms with Gasteiger partial charge in [0, 0.05) is 6.04 Å². The van der Waals surface area contributed by atoms with Crippen LogP contribution in [0.15, 0.2) is 0 Å². The summed E-state index contributed by atoms with van der Waals surface area (Å²) in [6, 6.07) is 0.174. The lowest BCUT2D eigenvalue weighted by atomic mass is 9.85. The monoisotopic (exact) mass is 262 g/mol. The number of rotatable bonds is 7. The maximum absolute atomic E-state index is 11.8. The van der Waals surface area contributed by atoms with Crippen LogP contribution in [0.25, 0.3) is 0 Å². The summed E-state index contributed by atoms with van der Waals surface area (Å²) in [6.07, 6.45) is 6.27. The molecule has 2 N–H and O–H groups in total. The Morgan fingerprint density at radius 3 is 2.71 bits per heavy atom. The first kappa shape index (κ1) is 14.9. The van der Waals surface area contributed by atoms with Gasteiger partial charge in [0.15, 0.2) is 0 Å². The highest BCUT2D eigenvalue weighted by Gasteiger charge is 2.24. The van der Waals surface area contributed by atoms with Gasteiger partial charge in [-0.05, 0) is 38.8 Å². The average molecular weight is 262 g/mol. The number of sulfonamides is 1. The van der Waals surface area contributed by atoms with E-state index in [1.807, 2.05) is 7.05 Å². The highest BCUT2D eigenvalue weighted by molar-refractivity contribution is 7.89. The van der Waals surface area contributed by atoms with Crippen LogP contribution in [0.3, 0.4) is 0 Å². The van der Waals surface area contributed by atoms with Crippen molar-refractivity contribution < 1.29 is 8.42 Å². The molecular weight excluding hydrogens is 236 g/mol. The molecule has 17 heavy (non-hydrogen) atoms. The summed E-state index contributed by atoms with van der Waals surface area (Å²) in [5, 5.41) is 2.97. The largest absolute Gasteiger partial charge is 0.320 e. The van der Waals surface area contributed by atoms with Gasteiger partial charge in [-0.25, -0.2) is 13.1 Å². The number of nitrogens with one attached hydrogen (secondary N) is 2. The number of hydrogen-bond donors (Lipinski definition) is 2. The Morgan fingerprint density at radius 2 is 2.06 bits per heavy atom. The maximum Gasteiger partial charge on any atom is 0.211 e. The van der Waals surface area contributed by atoms with E-state index in [4.69, 9.17) is 0 Å². The molecule has 1 aliphatic carbocycles. The lowest BCUT2D eigenvalue weighted by Crippen LogP contribution is -2.39. The highest BCUT2D eigenvalue weighted by Crippen LogP contribution is 2.26. The molecule has 1 saturated carbocycles. The van der Waals surface area contributed by atoms with Gasteiger partial charge in [-0.15, -0.1) is 0 Å². The quantitative estimate of drug-likeness (QED) is 0.683. The van der Waals surface area contributed by atoms with Crippen LogP contribution in [0, 0.1) is 5.92 Å². The molecule has 2 atom stereocenters. The van der Waals surface area contributed by atoms with Gasteiger partial charge in [0.1, 0.15) is 0 Å². The summed E-state index contributed by atoms with van der Waals surface area (Å²) in [5.74, 6) is 0.940. The molecule has 0 amide bonds. The van der Waals surface area contributed by atoms with E-state index in [1.165, 1.54) is 6.42 Å². The van der Waals surface area contributed by atoms with Crippen molar-refractivity contribution in [1.29, 1.82) is 0 Å². The van der Waals surface area contributed by atoms with Crippen molar-refractivity contribution in [2.24, 2.45) is 5.92 Å². The van der Waals surface area contributed by atoms with E-state index in [0.29, 0.717) is 12.3 Å². The van der Waals surface area contributed by atoms with Gasteiger partial charge in [0.2, 0.25) is 10.0 Å². The third-order valence-corrected chi connectivity index (χ3v) is 5.06. The van der Waals surface area contributed by atoms with Crippen LogP contribution in [-0.4, -0.2) is 33.8 Å². The van der Waals surface area contributed by atoms with E-state index in [1.54, 1.807) is 0 Å². The Morgan fingerprint density at radius 1 is 1.29 bits per heavy atom. The molecule has 1 rings (SSSR count). The van der Waals surface area contributed by atoms with Gasteiger partial charge in [-0.2, -0.15) is 0 Å². The predicted molar refractivity (Wildman–Crippen MR) is 71.5 cm³/mol. The van der Waals surface area contributed by atoms with Crippen LogP contribution in [-0.2, 0) is 10.0 Å². The Hall–Kier alpha value is -0.130. The van der Waals surface area contributed by atoms with E-state index in [-0.39, 0.29) is 11.8 Å². The van der Waals surface area contributed by atoms with Crippen molar-refractivity contribution in [3.8, 4) is 0 Å². The van der Waals surface area contributed by atoms with Gasteiger partial charge in [0.05, 0.1) is 5.75 Å². The Bertz CT molecular complexity index is 304. The van der Waals surface area contributed by atoms with E-state index >= 15 is 0 Å². The topological polar surface area (TPSA) is 58.2 Å². The second kappa shape index (κ2) is 7.34. The summed E-state index contributed by atoms with van der Waals surface area (Å²) in [7, 11) is -1.23. The van der Waals surface area contributed by atoms with Crippen LogP contribution in [0.4, 0.5) is 0 Å². The van der Waals surface area contributed by atoms with Crippen LogP contribution < -0.4 is 10.0 Å². The minimum atomic E-state index is -3.08. The summed E-state index contributed by atoms with van der Waals surface area (Å²) in [4.78, 5) is 0. The first-order chi connectivity index (χ1) is 8.07. The highest BCUT2D eigenvalue weighted by atomic mass is 32.2. The molecular formula is C12H26N2O2S. The molecule has 1 fully saturated rings. The van der Waals surface area contributed by atoms with Crippen molar-refractivity contribution in [3.63, 3.8) is 0 Å². The third-order valence-electron chi connectivity index (χ3n) is 3.55. The maximum atomic E-state index is 11.8. The second-order valence-corrected chi connectivity index (χ2v) is 6.91. The molecule has 0 aromatic heterocycles. The lowest BCUT2D eigenvalue weighted by molar-refractivity contribution is 0.301. The Balaban J connectivity index is 2.36. The summed E-state index contributed by atoms with van der Waals surface area (Å²) in [5.41, 5.74) is 0. The second-order valence-electron chi connectivity index (χ2n) is 5.03.